The number of nitrogens with zero attached hydrogens (tertiary/aromatic N) is 1. The van der Waals surface area contributed by atoms with Crippen LogP contribution in [0, 0.1) is 0 Å². The smallest absolute Gasteiger partial charge is 0.239 e. The molecule has 1 rings (SSSR count). The zero-order chi connectivity index (χ0) is 9.84. The van der Waals surface area contributed by atoms with Crippen molar-refractivity contribution in [2.24, 2.45) is 5.73 Å². The van der Waals surface area contributed by atoms with Crippen LogP contribution < -0.4 is 5.73 Å². The van der Waals surface area contributed by atoms with Crippen LogP contribution in [0.3, 0.4) is 0 Å². The first kappa shape index (κ1) is 10.5. The topological polar surface area (TPSA) is 46.3 Å². The Morgan fingerprint density at radius 1 is 1.46 bits per heavy atom. The van der Waals surface area contributed by atoms with Crippen molar-refractivity contribution >= 4 is 5.91 Å². The molecule has 0 saturated carbocycles. The van der Waals surface area contributed by atoms with E-state index in [9.17, 15) is 4.79 Å². The van der Waals surface area contributed by atoms with Crippen LogP contribution in [0.15, 0.2) is 0 Å². The van der Waals surface area contributed by atoms with Crippen LogP contribution in [0.1, 0.15) is 39.5 Å². The Morgan fingerprint density at radius 3 is 2.77 bits per heavy atom. The SMILES string of the molecule is CC1CCCCCN1C(=O)[C@H](C)N. The van der Waals surface area contributed by atoms with Gasteiger partial charge in [-0.15, -0.1) is 0 Å². The van der Waals surface area contributed by atoms with Crippen molar-refractivity contribution in [3.05, 3.63) is 0 Å². The summed E-state index contributed by atoms with van der Waals surface area (Å²) in [7, 11) is 0. The number of rotatable bonds is 1. The van der Waals surface area contributed by atoms with Gasteiger partial charge in [0, 0.05) is 12.6 Å². The van der Waals surface area contributed by atoms with Gasteiger partial charge in [0.2, 0.25) is 5.91 Å². The Morgan fingerprint density at radius 2 is 2.15 bits per heavy atom. The van der Waals surface area contributed by atoms with E-state index in [2.05, 4.69) is 6.92 Å². The molecule has 1 unspecified atom stereocenters. The van der Waals surface area contributed by atoms with Gasteiger partial charge < -0.3 is 10.6 Å². The molecule has 1 aliphatic rings. The van der Waals surface area contributed by atoms with Gasteiger partial charge in [0.05, 0.1) is 6.04 Å². The summed E-state index contributed by atoms with van der Waals surface area (Å²) >= 11 is 0. The molecule has 0 aromatic heterocycles. The normalized spacial score (nSPS) is 26.7. The number of carbonyl (C=O) groups excluding carboxylic acids is 1. The minimum absolute atomic E-state index is 0.106. The molecule has 0 aromatic rings. The van der Waals surface area contributed by atoms with Gasteiger partial charge in [0.15, 0.2) is 0 Å². The first-order chi connectivity index (χ1) is 6.13. The first-order valence-electron chi connectivity index (χ1n) is 5.19. The van der Waals surface area contributed by atoms with Crippen molar-refractivity contribution in [2.75, 3.05) is 6.54 Å². The van der Waals surface area contributed by atoms with E-state index in [0.717, 1.165) is 19.4 Å². The number of amides is 1. The second-order valence-corrected chi connectivity index (χ2v) is 4.02. The molecule has 2 atom stereocenters. The zero-order valence-electron chi connectivity index (χ0n) is 8.62. The fourth-order valence-corrected chi connectivity index (χ4v) is 1.86. The Balaban J connectivity index is 2.58. The lowest BCUT2D eigenvalue weighted by Crippen LogP contribution is -2.46. The minimum atomic E-state index is -0.347. The molecule has 1 saturated heterocycles. The third-order valence-corrected chi connectivity index (χ3v) is 2.73. The Hall–Kier alpha value is -0.570. The van der Waals surface area contributed by atoms with Crippen molar-refractivity contribution in [3.63, 3.8) is 0 Å². The van der Waals surface area contributed by atoms with E-state index >= 15 is 0 Å². The standard InChI is InChI=1S/C10H20N2O/c1-8-6-4-3-5-7-12(8)10(13)9(2)11/h8-9H,3-7,11H2,1-2H3/t8?,9-/m0/s1. The fourth-order valence-electron chi connectivity index (χ4n) is 1.86. The number of likely N-dealkylation sites (tertiary alicyclic amines) is 1. The van der Waals surface area contributed by atoms with Gasteiger partial charge in [-0.2, -0.15) is 0 Å². The maximum absolute atomic E-state index is 11.7. The van der Waals surface area contributed by atoms with Gasteiger partial charge in [0.1, 0.15) is 0 Å². The highest BCUT2D eigenvalue weighted by Crippen LogP contribution is 2.16. The molecular formula is C10H20N2O. The van der Waals surface area contributed by atoms with Gasteiger partial charge in [-0.3, -0.25) is 4.79 Å². The maximum atomic E-state index is 11.7. The van der Waals surface area contributed by atoms with Crippen molar-refractivity contribution in [3.8, 4) is 0 Å². The highest BCUT2D eigenvalue weighted by molar-refractivity contribution is 5.81. The highest BCUT2D eigenvalue weighted by atomic mass is 16.2. The molecule has 13 heavy (non-hydrogen) atoms. The van der Waals surface area contributed by atoms with Gasteiger partial charge in [-0.1, -0.05) is 12.8 Å². The second kappa shape index (κ2) is 4.61. The summed E-state index contributed by atoms with van der Waals surface area (Å²) in [4.78, 5) is 13.6. The number of hydrogen-bond donors (Lipinski definition) is 1. The average molecular weight is 184 g/mol. The molecule has 1 amide bonds. The molecule has 1 fully saturated rings. The summed E-state index contributed by atoms with van der Waals surface area (Å²) in [6.07, 6.45) is 4.73. The molecule has 1 aliphatic heterocycles. The van der Waals surface area contributed by atoms with E-state index in [-0.39, 0.29) is 11.9 Å². The van der Waals surface area contributed by atoms with Gasteiger partial charge in [-0.05, 0) is 26.7 Å². The third kappa shape index (κ3) is 2.69. The van der Waals surface area contributed by atoms with Crippen LogP contribution in [0.25, 0.3) is 0 Å². The molecule has 0 radical (unpaired) electrons. The van der Waals surface area contributed by atoms with E-state index in [1.807, 2.05) is 4.90 Å². The van der Waals surface area contributed by atoms with Crippen molar-refractivity contribution in [1.29, 1.82) is 0 Å². The Bertz CT molecular complexity index is 180. The number of hydrogen-bond acceptors (Lipinski definition) is 2. The van der Waals surface area contributed by atoms with Gasteiger partial charge in [-0.25, -0.2) is 0 Å². The van der Waals surface area contributed by atoms with E-state index in [1.165, 1.54) is 12.8 Å². The zero-order valence-corrected chi connectivity index (χ0v) is 8.62. The van der Waals surface area contributed by atoms with E-state index in [0.29, 0.717) is 6.04 Å². The Kier molecular flexibility index (Phi) is 3.72. The summed E-state index contributed by atoms with van der Waals surface area (Å²) in [6, 6.07) is 0.0292. The lowest BCUT2D eigenvalue weighted by Gasteiger charge is -2.28. The second-order valence-electron chi connectivity index (χ2n) is 4.02. The fraction of sp³-hybridized carbons (Fsp3) is 0.900. The monoisotopic (exact) mass is 184 g/mol. The first-order valence-corrected chi connectivity index (χ1v) is 5.19. The minimum Gasteiger partial charge on any atom is -0.339 e. The Labute approximate surface area is 80.3 Å². The number of nitrogens with two attached hydrogens (primary N) is 1. The summed E-state index contributed by atoms with van der Waals surface area (Å²) in [5, 5.41) is 0. The van der Waals surface area contributed by atoms with Gasteiger partial charge >= 0.3 is 0 Å². The summed E-state index contributed by atoms with van der Waals surface area (Å²) in [6.45, 7) is 4.77. The lowest BCUT2D eigenvalue weighted by molar-refractivity contribution is -0.134. The van der Waals surface area contributed by atoms with Crippen LogP contribution in [0.2, 0.25) is 0 Å². The maximum Gasteiger partial charge on any atom is 0.239 e. The van der Waals surface area contributed by atoms with E-state index in [1.54, 1.807) is 6.92 Å². The van der Waals surface area contributed by atoms with Crippen molar-refractivity contribution in [2.45, 2.75) is 51.6 Å². The molecular weight excluding hydrogens is 164 g/mol. The lowest BCUT2D eigenvalue weighted by atomic mass is 10.1. The molecule has 0 bridgehead atoms. The summed E-state index contributed by atoms with van der Waals surface area (Å²) in [5.41, 5.74) is 5.59. The van der Waals surface area contributed by atoms with Crippen LogP contribution in [-0.4, -0.2) is 29.4 Å². The largest absolute Gasteiger partial charge is 0.339 e. The van der Waals surface area contributed by atoms with E-state index < -0.39 is 0 Å². The van der Waals surface area contributed by atoms with Crippen molar-refractivity contribution in [1.82, 2.24) is 4.90 Å². The van der Waals surface area contributed by atoms with E-state index in [4.69, 9.17) is 5.73 Å². The summed E-state index contributed by atoms with van der Waals surface area (Å²) in [5.74, 6) is 0.106. The summed E-state index contributed by atoms with van der Waals surface area (Å²) < 4.78 is 0. The molecule has 1 heterocycles. The molecule has 3 heteroatoms. The molecule has 0 aromatic carbocycles. The molecule has 2 N–H and O–H groups in total. The van der Waals surface area contributed by atoms with Crippen LogP contribution in [-0.2, 0) is 4.79 Å². The molecule has 0 aliphatic carbocycles. The predicted octanol–water partition coefficient (Wildman–Crippen LogP) is 1.12. The van der Waals surface area contributed by atoms with Crippen LogP contribution in [0.5, 0.6) is 0 Å². The highest BCUT2D eigenvalue weighted by Gasteiger charge is 2.23. The molecule has 76 valence electrons. The predicted molar refractivity (Wildman–Crippen MR) is 53.3 cm³/mol. The third-order valence-electron chi connectivity index (χ3n) is 2.73. The number of carbonyl (C=O) groups is 1. The molecule has 3 nitrogen and oxygen atoms in total. The quantitative estimate of drug-likeness (QED) is 0.664. The van der Waals surface area contributed by atoms with Crippen LogP contribution in [0.4, 0.5) is 0 Å². The molecule has 0 spiro atoms. The van der Waals surface area contributed by atoms with Crippen molar-refractivity contribution < 1.29 is 4.79 Å². The van der Waals surface area contributed by atoms with Crippen LogP contribution >= 0.6 is 0 Å². The average Bonchev–Trinajstić information content (AvgIpc) is 2.28. The van der Waals surface area contributed by atoms with Gasteiger partial charge in [0.25, 0.3) is 0 Å².